The molecule has 4 nitrogen and oxygen atoms in total. The van der Waals surface area contributed by atoms with Crippen LogP contribution in [-0.4, -0.2) is 27.1 Å². The van der Waals surface area contributed by atoms with Gasteiger partial charge in [-0.3, -0.25) is 0 Å². The zero-order chi connectivity index (χ0) is 13.6. The number of hydrogen-bond donors (Lipinski definition) is 1. The van der Waals surface area contributed by atoms with Gasteiger partial charge in [0.1, 0.15) is 5.82 Å². The van der Waals surface area contributed by atoms with Crippen LogP contribution in [-0.2, 0) is 6.54 Å². The Bertz CT molecular complexity index is 647. The summed E-state index contributed by atoms with van der Waals surface area (Å²) in [4.78, 5) is 15.2. The Balaban J connectivity index is 2.14. The molecule has 0 saturated heterocycles. The van der Waals surface area contributed by atoms with Gasteiger partial charge >= 0.3 is 5.97 Å². The van der Waals surface area contributed by atoms with Gasteiger partial charge in [0.2, 0.25) is 0 Å². The zero-order valence-corrected chi connectivity index (χ0v) is 10.0. The fraction of sp³-hybridized carbons (Fsp3) is 0.385. The average molecular weight is 266 g/mol. The first kappa shape index (κ1) is 12.1. The molecule has 3 rings (SSSR count). The summed E-state index contributed by atoms with van der Waals surface area (Å²) in [6.45, 7) is -0.394. The van der Waals surface area contributed by atoms with Crippen LogP contribution in [0.5, 0.6) is 0 Å². The smallest absolute Gasteiger partial charge is 0.335 e. The van der Waals surface area contributed by atoms with E-state index in [2.05, 4.69) is 4.98 Å². The molecule has 1 aromatic heterocycles. The van der Waals surface area contributed by atoms with Crippen LogP contribution in [0.3, 0.4) is 0 Å². The lowest BCUT2D eigenvalue weighted by Gasteiger charge is -2.07. The molecule has 2 aromatic rings. The topological polar surface area (TPSA) is 55.1 Å². The number of alkyl halides is 2. The largest absolute Gasteiger partial charge is 0.478 e. The number of benzene rings is 1. The normalized spacial score (nSPS) is 15.3. The van der Waals surface area contributed by atoms with Crippen LogP contribution in [0.15, 0.2) is 18.2 Å². The molecule has 0 spiro atoms. The summed E-state index contributed by atoms with van der Waals surface area (Å²) in [6.07, 6.45) is -0.537. The predicted molar refractivity (Wildman–Crippen MR) is 64.7 cm³/mol. The number of fused-ring (bicyclic) bond motifs is 1. The minimum absolute atomic E-state index is 0.122. The highest BCUT2D eigenvalue weighted by molar-refractivity contribution is 5.92. The minimum atomic E-state index is -2.45. The van der Waals surface area contributed by atoms with Crippen molar-refractivity contribution in [2.75, 3.05) is 0 Å². The molecular formula is C13H12F2N2O2. The molecule has 6 heteroatoms. The second-order valence-electron chi connectivity index (χ2n) is 4.75. The molecule has 0 bridgehead atoms. The Kier molecular flexibility index (Phi) is 2.73. The standard InChI is InChI=1S/C13H12F2N2O2/c14-11(15)6-17-10-4-3-8(13(18)19)5-9(10)16-12(17)7-1-2-7/h3-5,7,11H,1-2,6H2,(H,18,19). The Morgan fingerprint density at radius 1 is 1.47 bits per heavy atom. The quantitative estimate of drug-likeness (QED) is 0.925. The van der Waals surface area contributed by atoms with Crippen LogP contribution in [0, 0.1) is 0 Å². The third-order valence-corrected chi connectivity index (χ3v) is 3.29. The molecule has 19 heavy (non-hydrogen) atoms. The summed E-state index contributed by atoms with van der Waals surface area (Å²) in [6, 6.07) is 4.41. The zero-order valence-electron chi connectivity index (χ0n) is 10.0. The minimum Gasteiger partial charge on any atom is -0.478 e. The maximum Gasteiger partial charge on any atom is 0.335 e. The number of hydrogen-bond acceptors (Lipinski definition) is 2. The van der Waals surface area contributed by atoms with Crippen LogP contribution in [0.1, 0.15) is 34.9 Å². The highest BCUT2D eigenvalue weighted by Crippen LogP contribution is 2.40. The Morgan fingerprint density at radius 2 is 2.21 bits per heavy atom. The number of nitrogens with zero attached hydrogens (tertiary/aromatic N) is 2. The molecule has 0 radical (unpaired) electrons. The number of aromatic nitrogens is 2. The number of imidazole rings is 1. The van der Waals surface area contributed by atoms with Crippen LogP contribution in [0.25, 0.3) is 11.0 Å². The molecule has 0 unspecified atom stereocenters. The number of halogens is 2. The predicted octanol–water partition coefficient (Wildman–Crippen LogP) is 2.88. The van der Waals surface area contributed by atoms with E-state index >= 15 is 0 Å². The molecule has 1 N–H and O–H groups in total. The summed E-state index contributed by atoms with van der Waals surface area (Å²) in [7, 11) is 0. The van der Waals surface area contributed by atoms with Crippen LogP contribution in [0.2, 0.25) is 0 Å². The molecule has 1 fully saturated rings. The first-order valence-corrected chi connectivity index (χ1v) is 6.08. The van der Waals surface area contributed by atoms with Crippen molar-refractivity contribution in [3.63, 3.8) is 0 Å². The number of aromatic carboxylic acids is 1. The van der Waals surface area contributed by atoms with Crippen molar-refractivity contribution in [1.29, 1.82) is 0 Å². The van der Waals surface area contributed by atoms with E-state index in [1.807, 2.05) is 0 Å². The summed E-state index contributed by atoms with van der Waals surface area (Å²) in [5.41, 5.74) is 1.17. The first-order valence-electron chi connectivity index (χ1n) is 6.08. The van der Waals surface area contributed by atoms with Crippen molar-refractivity contribution < 1.29 is 18.7 Å². The van der Waals surface area contributed by atoms with Crippen LogP contribution >= 0.6 is 0 Å². The number of carbonyl (C=O) groups is 1. The number of rotatable bonds is 4. The molecule has 1 heterocycles. The van der Waals surface area contributed by atoms with Crippen molar-refractivity contribution in [3.8, 4) is 0 Å². The van der Waals surface area contributed by atoms with Gasteiger partial charge in [-0.1, -0.05) is 0 Å². The molecule has 1 aromatic carbocycles. The Labute approximate surface area is 107 Å². The fourth-order valence-electron chi connectivity index (χ4n) is 2.26. The lowest BCUT2D eigenvalue weighted by molar-refractivity contribution is 0.0697. The Morgan fingerprint density at radius 3 is 2.79 bits per heavy atom. The van der Waals surface area contributed by atoms with Gasteiger partial charge in [-0.25, -0.2) is 18.6 Å². The second-order valence-corrected chi connectivity index (χ2v) is 4.75. The van der Waals surface area contributed by atoms with Crippen molar-refractivity contribution >= 4 is 17.0 Å². The molecule has 1 aliphatic rings. The van der Waals surface area contributed by atoms with Gasteiger partial charge in [0.05, 0.1) is 23.1 Å². The fourth-order valence-corrected chi connectivity index (χ4v) is 2.26. The van der Waals surface area contributed by atoms with E-state index in [9.17, 15) is 13.6 Å². The van der Waals surface area contributed by atoms with Crippen molar-refractivity contribution in [2.24, 2.45) is 0 Å². The van der Waals surface area contributed by atoms with Gasteiger partial charge in [0.25, 0.3) is 6.43 Å². The molecule has 1 aliphatic carbocycles. The summed E-state index contributed by atoms with van der Waals surface area (Å²) >= 11 is 0. The van der Waals surface area contributed by atoms with E-state index in [-0.39, 0.29) is 11.5 Å². The van der Waals surface area contributed by atoms with E-state index in [0.717, 1.165) is 12.8 Å². The maximum absolute atomic E-state index is 12.7. The monoisotopic (exact) mass is 266 g/mol. The lowest BCUT2D eigenvalue weighted by Crippen LogP contribution is -2.09. The third kappa shape index (κ3) is 2.18. The molecular weight excluding hydrogens is 254 g/mol. The highest BCUT2D eigenvalue weighted by atomic mass is 19.3. The molecule has 0 amide bonds. The van der Waals surface area contributed by atoms with Gasteiger partial charge in [-0.15, -0.1) is 0 Å². The SMILES string of the molecule is O=C(O)c1ccc2c(c1)nc(C1CC1)n2CC(F)F. The molecule has 0 aliphatic heterocycles. The van der Waals surface area contributed by atoms with E-state index in [1.54, 1.807) is 6.07 Å². The van der Waals surface area contributed by atoms with Crippen molar-refractivity contribution in [3.05, 3.63) is 29.6 Å². The highest BCUT2D eigenvalue weighted by Gasteiger charge is 2.30. The van der Waals surface area contributed by atoms with Gasteiger partial charge < -0.3 is 9.67 Å². The first-order chi connectivity index (χ1) is 9.06. The van der Waals surface area contributed by atoms with Gasteiger partial charge in [0, 0.05) is 5.92 Å². The average Bonchev–Trinajstić information content (AvgIpc) is 3.13. The molecule has 100 valence electrons. The second kappa shape index (κ2) is 4.29. The summed E-state index contributed by atoms with van der Waals surface area (Å²) in [5.74, 6) is -0.157. The van der Waals surface area contributed by atoms with Crippen LogP contribution < -0.4 is 0 Å². The van der Waals surface area contributed by atoms with E-state index in [0.29, 0.717) is 16.9 Å². The van der Waals surface area contributed by atoms with E-state index < -0.39 is 18.9 Å². The molecule has 0 atom stereocenters. The summed E-state index contributed by atoms with van der Waals surface area (Å²) < 4.78 is 26.8. The summed E-state index contributed by atoms with van der Waals surface area (Å²) in [5, 5.41) is 8.93. The third-order valence-electron chi connectivity index (χ3n) is 3.29. The lowest BCUT2D eigenvalue weighted by atomic mass is 10.2. The van der Waals surface area contributed by atoms with Crippen LogP contribution in [0.4, 0.5) is 8.78 Å². The van der Waals surface area contributed by atoms with E-state index in [1.165, 1.54) is 16.7 Å². The molecule has 1 saturated carbocycles. The Hall–Kier alpha value is -1.98. The van der Waals surface area contributed by atoms with E-state index in [4.69, 9.17) is 5.11 Å². The number of carboxylic acid groups (broad SMARTS) is 1. The van der Waals surface area contributed by atoms with Gasteiger partial charge in [0.15, 0.2) is 0 Å². The van der Waals surface area contributed by atoms with Crippen molar-refractivity contribution in [2.45, 2.75) is 31.7 Å². The van der Waals surface area contributed by atoms with Gasteiger partial charge in [-0.2, -0.15) is 0 Å². The maximum atomic E-state index is 12.7. The van der Waals surface area contributed by atoms with Gasteiger partial charge in [-0.05, 0) is 31.0 Å². The number of carboxylic acids is 1. The van der Waals surface area contributed by atoms with Crippen molar-refractivity contribution in [1.82, 2.24) is 9.55 Å².